The Balaban J connectivity index is 1.43. The van der Waals surface area contributed by atoms with Crippen molar-refractivity contribution in [3.05, 3.63) is 71.1 Å². The van der Waals surface area contributed by atoms with Crippen molar-refractivity contribution in [1.82, 2.24) is 20.3 Å². The molecule has 206 valence electrons. The summed E-state index contributed by atoms with van der Waals surface area (Å²) in [5.41, 5.74) is -1.80. The van der Waals surface area contributed by atoms with E-state index in [-0.39, 0.29) is 67.0 Å². The molecule has 1 amide bonds. The highest BCUT2D eigenvalue weighted by Gasteiger charge is 2.44. The molecule has 4 rings (SSSR count). The highest BCUT2D eigenvalue weighted by atomic mass is 19.4. The van der Waals surface area contributed by atoms with Crippen LogP contribution < -0.4 is 15.4 Å². The molecule has 3 heterocycles. The number of nitrogens with zero attached hydrogens (tertiary/aromatic N) is 3. The molecular formula is C26H25F4N5O4. The Morgan fingerprint density at radius 2 is 1.87 bits per heavy atom. The number of halogens is 4. The summed E-state index contributed by atoms with van der Waals surface area (Å²) in [6.07, 6.45) is -0.722. The molecule has 3 aromatic rings. The summed E-state index contributed by atoms with van der Waals surface area (Å²) in [6, 6.07) is 4.84. The molecule has 13 heteroatoms. The van der Waals surface area contributed by atoms with Gasteiger partial charge in [0.25, 0.3) is 0 Å². The number of nitrogens with one attached hydrogen (secondary N) is 2. The Labute approximate surface area is 221 Å². The van der Waals surface area contributed by atoms with E-state index in [4.69, 9.17) is 9.47 Å². The van der Waals surface area contributed by atoms with Crippen LogP contribution in [0.5, 0.6) is 6.01 Å². The lowest BCUT2D eigenvalue weighted by Crippen LogP contribution is -2.43. The van der Waals surface area contributed by atoms with Gasteiger partial charge in [-0.3, -0.25) is 14.6 Å². The predicted molar refractivity (Wildman–Crippen MR) is 131 cm³/mol. The van der Waals surface area contributed by atoms with Crippen molar-refractivity contribution in [3.8, 4) is 6.01 Å². The zero-order valence-corrected chi connectivity index (χ0v) is 21.1. The Kier molecular flexibility index (Phi) is 8.09. The number of Topliss-reactive ketones (excluding diaryl/α,β-unsaturated/α-hetero) is 1. The predicted octanol–water partition coefficient (Wildman–Crippen LogP) is 4.39. The van der Waals surface area contributed by atoms with E-state index in [0.717, 1.165) is 12.1 Å². The molecule has 1 aliphatic rings. The molecule has 1 fully saturated rings. The van der Waals surface area contributed by atoms with Crippen LogP contribution in [0.1, 0.15) is 40.0 Å². The lowest BCUT2D eigenvalue weighted by atomic mass is 9.80. The van der Waals surface area contributed by atoms with E-state index in [1.807, 2.05) is 0 Å². The number of methoxy groups -OCH3 is 1. The SMILES string of the molecule is COc1ncc(C(=O)C[C@@]2(C(=O)NCc3ncc(Nc4ccc(C)cc4C(F)(F)F)cc3F)CCOC2)cn1. The van der Waals surface area contributed by atoms with Crippen LogP contribution >= 0.6 is 0 Å². The van der Waals surface area contributed by atoms with Crippen LogP contribution in [0.2, 0.25) is 0 Å². The molecule has 1 aliphatic heterocycles. The fourth-order valence-corrected chi connectivity index (χ4v) is 4.15. The summed E-state index contributed by atoms with van der Waals surface area (Å²) < 4.78 is 65.3. The van der Waals surface area contributed by atoms with Gasteiger partial charge in [-0.1, -0.05) is 11.6 Å². The van der Waals surface area contributed by atoms with Crippen molar-refractivity contribution in [2.24, 2.45) is 5.41 Å². The lowest BCUT2D eigenvalue weighted by Gasteiger charge is -2.25. The standard InChI is InChI=1S/C26H25F4N5O4/c1-15-3-4-20(18(7-15)26(28,29)30)35-17-8-19(27)21(31-12-17)13-32-23(37)25(5-6-39-14-25)9-22(36)16-10-33-24(38-2)34-11-16/h3-4,7-8,10-12,35H,5-6,9,13-14H2,1-2H3,(H,32,37)/t25-/m0/s1. The van der Waals surface area contributed by atoms with Gasteiger partial charge in [0.15, 0.2) is 5.78 Å². The number of hydrogen-bond donors (Lipinski definition) is 2. The molecule has 1 saturated heterocycles. The van der Waals surface area contributed by atoms with E-state index < -0.39 is 28.9 Å². The molecule has 0 radical (unpaired) electrons. The molecular weight excluding hydrogens is 522 g/mol. The molecule has 9 nitrogen and oxygen atoms in total. The van der Waals surface area contributed by atoms with Gasteiger partial charge in [0.05, 0.1) is 60.1 Å². The van der Waals surface area contributed by atoms with Crippen molar-refractivity contribution in [2.45, 2.75) is 32.5 Å². The topological polar surface area (TPSA) is 115 Å². The van der Waals surface area contributed by atoms with Gasteiger partial charge in [0.2, 0.25) is 5.91 Å². The maximum atomic E-state index is 14.8. The number of alkyl halides is 3. The van der Waals surface area contributed by atoms with Crippen molar-refractivity contribution in [1.29, 1.82) is 0 Å². The Bertz CT molecular complexity index is 1360. The summed E-state index contributed by atoms with van der Waals surface area (Å²) in [6.45, 7) is 1.50. The first kappa shape index (κ1) is 27.9. The number of hydrogen-bond acceptors (Lipinski definition) is 8. The van der Waals surface area contributed by atoms with Gasteiger partial charge >= 0.3 is 12.2 Å². The maximum Gasteiger partial charge on any atom is 0.418 e. The molecule has 0 aliphatic carbocycles. The van der Waals surface area contributed by atoms with Gasteiger partial charge in [-0.15, -0.1) is 0 Å². The number of aromatic nitrogens is 3. The molecule has 39 heavy (non-hydrogen) atoms. The summed E-state index contributed by atoms with van der Waals surface area (Å²) in [5, 5.41) is 5.16. The summed E-state index contributed by atoms with van der Waals surface area (Å²) in [5.74, 6) is -1.71. The third-order valence-electron chi connectivity index (χ3n) is 6.31. The largest absolute Gasteiger partial charge is 0.467 e. The first-order valence-corrected chi connectivity index (χ1v) is 11.9. The number of amides is 1. The number of benzene rings is 1. The maximum absolute atomic E-state index is 14.8. The molecule has 0 unspecified atom stereocenters. The molecule has 0 saturated carbocycles. The summed E-state index contributed by atoms with van der Waals surface area (Å²) in [4.78, 5) is 37.7. The first-order valence-electron chi connectivity index (χ1n) is 11.9. The highest BCUT2D eigenvalue weighted by molar-refractivity contribution is 5.99. The molecule has 1 aromatic carbocycles. The molecule has 0 spiro atoms. The summed E-state index contributed by atoms with van der Waals surface area (Å²) in [7, 11) is 1.39. The van der Waals surface area contributed by atoms with Gasteiger partial charge in [0, 0.05) is 31.5 Å². The van der Waals surface area contributed by atoms with Crippen LogP contribution in [0.15, 0.2) is 42.9 Å². The number of anilines is 2. The van der Waals surface area contributed by atoms with E-state index in [1.54, 1.807) is 0 Å². The van der Waals surface area contributed by atoms with E-state index >= 15 is 0 Å². The van der Waals surface area contributed by atoms with Crippen LogP contribution in [0.25, 0.3) is 0 Å². The summed E-state index contributed by atoms with van der Waals surface area (Å²) >= 11 is 0. The van der Waals surface area contributed by atoms with Crippen molar-refractivity contribution < 1.29 is 36.6 Å². The second-order valence-corrected chi connectivity index (χ2v) is 9.15. The minimum atomic E-state index is -4.60. The molecule has 0 bridgehead atoms. The second-order valence-electron chi connectivity index (χ2n) is 9.15. The van der Waals surface area contributed by atoms with Crippen LogP contribution in [-0.4, -0.2) is 47.0 Å². The number of rotatable bonds is 9. The van der Waals surface area contributed by atoms with Crippen molar-refractivity contribution in [3.63, 3.8) is 0 Å². The number of aryl methyl sites for hydroxylation is 1. The van der Waals surface area contributed by atoms with Crippen LogP contribution in [0.4, 0.5) is 28.9 Å². The number of pyridine rings is 1. The van der Waals surface area contributed by atoms with Crippen LogP contribution in [0.3, 0.4) is 0 Å². The van der Waals surface area contributed by atoms with Crippen molar-refractivity contribution >= 4 is 23.1 Å². The fourth-order valence-electron chi connectivity index (χ4n) is 4.15. The lowest BCUT2D eigenvalue weighted by molar-refractivity contribution is -0.137. The van der Waals surface area contributed by atoms with E-state index in [1.165, 1.54) is 44.8 Å². The number of ether oxygens (including phenoxy) is 2. The Morgan fingerprint density at radius 1 is 1.13 bits per heavy atom. The van der Waals surface area contributed by atoms with Gasteiger partial charge in [-0.2, -0.15) is 13.2 Å². The quantitative estimate of drug-likeness (QED) is 0.300. The van der Waals surface area contributed by atoms with Crippen molar-refractivity contribution in [2.75, 3.05) is 25.6 Å². The van der Waals surface area contributed by atoms with Crippen LogP contribution in [0, 0.1) is 18.2 Å². The normalized spacial score (nSPS) is 17.1. The Morgan fingerprint density at radius 3 is 2.49 bits per heavy atom. The fraction of sp³-hybridized carbons (Fsp3) is 0.346. The number of carbonyl (C=O) groups excluding carboxylic acids is 2. The van der Waals surface area contributed by atoms with Gasteiger partial charge in [-0.05, 0) is 25.5 Å². The third kappa shape index (κ3) is 6.48. The minimum absolute atomic E-state index is 0.00155. The molecule has 2 aromatic heterocycles. The van der Waals surface area contributed by atoms with E-state index in [0.29, 0.717) is 5.56 Å². The second kappa shape index (κ2) is 11.3. The Hall–Kier alpha value is -4.13. The number of carbonyl (C=O) groups is 2. The number of ketones is 1. The zero-order valence-electron chi connectivity index (χ0n) is 21.1. The average Bonchev–Trinajstić information content (AvgIpc) is 3.38. The zero-order chi connectivity index (χ0) is 28.2. The van der Waals surface area contributed by atoms with Gasteiger partial charge < -0.3 is 20.1 Å². The third-order valence-corrected chi connectivity index (χ3v) is 6.31. The molecule has 2 N–H and O–H groups in total. The molecule has 1 atom stereocenters. The average molecular weight is 548 g/mol. The minimum Gasteiger partial charge on any atom is -0.467 e. The smallest absolute Gasteiger partial charge is 0.418 e. The highest BCUT2D eigenvalue weighted by Crippen LogP contribution is 2.37. The van der Waals surface area contributed by atoms with Gasteiger partial charge in [-0.25, -0.2) is 14.4 Å². The van der Waals surface area contributed by atoms with E-state index in [2.05, 4.69) is 25.6 Å². The first-order chi connectivity index (χ1) is 18.5. The van der Waals surface area contributed by atoms with E-state index in [9.17, 15) is 27.2 Å². The van der Waals surface area contributed by atoms with Gasteiger partial charge in [0.1, 0.15) is 5.82 Å². The monoisotopic (exact) mass is 547 g/mol. The van der Waals surface area contributed by atoms with Crippen LogP contribution in [-0.2, 0) is 22.3 Å².